The molecule has 1 N–H and O–H groups in total. The summed E-state index contributed by atoms with van der Waals surface area (Å²) >= 11 is 0. The molecule has 0 radical (unpaired) electrons. The van der Waals surface area contributed by atoms with E-state index in [1.165, 1.54) is 4.90 Å². The smallest absolute Gasteiger partial charge is 0.407 e. The maximum atomic E-state index is 10.4. The van der Waals surface area contributed by atoms with Crippen molar-refractivity contribution in [2.45, 2.75) is 6.54 Å². The van der Waals surface area contributed by atoms with Crippen LogP contribution in [0.25, 0.3) is 0 Å². The second-order valence-electron chi connectivity index (χ2n) is 2.62. The molecule has 1 amide bonds. The summed E-state index contributed by atoms with van der Waals surface area (Å²) in [7, 11) is 1.55. The molecule has 0 aliphatic carbocycles. The van der Waals surface area contributed by atoms with E-state index < -0.39 is 6.09 Å². The van der Waals surface area contributed by atoms with Crippen molar-refractivity contribution in [3.05, 3.63) is 35.9 Å². The first-order valence-electron chi connectivity index (χ1n) is 3.68. The third-order valence-electron chi connectivity index (χ3n) is 1.59. The van der Waals surface area contributed by atoms with Crippen molar-refractivity contribution < 1.29 is 9.90 Å². The molecular formula is C9H11NO2. The number of benzene rings is 1. The van der Waals surface area contributed by atoms with Crippen LogP contribution >= 0.6 is 0 Å². The van der Waals surface area contributed by atoms with Gasteiger partial charge < -0.3 is 10.0 Å². The summed E-state index contributed by atoms with van der Waals surface area (Å²) in [5.74, 6) is 0. The Kier molecular flexibility index (Phi) is 2.69. The summed E-state index contributed by atoms with van der Waals surface area (Å²) in [6, 6.07) is 9.50. The Morgan fingerprint density at radius 3 is 2.50 bits per heavy atom. The highest BCUT2D eigenvalue weighted by Gasteiger charge is 2.04. The second kappa shape index (κ2) is 3.76. The lowest BCUT2D eigenvalue weighted by Gasteiger charge is -2.11. The van der Waals surface area contributed by atoms with E-state index in [2.05, 4.69) is 0 Å². The van der Waals surface area contributed by atoms with Crippen molar-refractivity contribution >= 4 is 6.09 Å². The number of hydrogen-bond acceptors (Lipinski definition) is 1. The van der Waals surface area contributed by atoms with Gasteiger partial charge in [-0.15, -0.1) is 0 Å². The fourth-order valence-electron chi connectivity index (χ4n) is 0.925. The van der Waals surface area contributed by atoms with E-state index in [-0.39, 0.29) is 0 Å². The second-order valence-corrected chi connectivity index (χ2v) is 2.62. The van der Waals surface area contributed by atoms with Crippen LogP contribution < -0.4 is 0 Å². The highest BCUT2D eigenvalue weighted by Crippen LogP contribution is 2.01. The lowest BCUT2D eigenvalue weighted by atomic mass is 10.2. The lowest BCUT2D eigenvalue weighted by molar-refractivity contribution is 0.154. The molecule has 0 aromatic heterocycles. The van der Waals surface area contributed by atoms with E-state index in [4.69, 9.17) is 5.11 Å². The van der Waals surface area contributed by atoms with Crippen molar-refractivity contribution in [3.63, 3.8) is 0 Å². The molecule has 0 aliphatic rings. The third-order valence-corrected chi connectivity index (χ3v) is 1.59. The van der Waals surface area contributed by atoms with Gasteiger partial charge in [0.2, 0.25) is 0 Å². The molecule has 3 nitrogen and oxygen atoms in total. The van der Waals surface area contributed by atoms with Crippen LogP contribution in [0.3, 0.4) is 0 Å². The van der Waals surface area contributed by atoms with Gasteiger partial charge in [0.1, 0.15) is 0 Å². The van der Waals surface area contributed by atoms with E-state index in [0.717, 1.165) is 5.56 Å². The Bertz CT molecular complexity index is 258. The maximum Gasteiger partial charge on any atom is 0.407 e. The molecule has 0 spiro atoms. The van der Waals surface area contributed by atoms with Crippen LogP contribution in [0.15, 0.2) is 30.3 Å². The van der Waals surface area contributed by atoms with Gasteiger partial charge in [-0.25, -0.2) is 4.79 Å². The Morgan fingerprint density at radius 2 is 2.00 bits per heavy atom. The number of carboxylic acid groups (broad SMARTS) is 1. The standard InChI is InChI=1S/C9H11NO2/c1-10(9(11)12)7-8-5-3-2-4-6-8/h2-6H,7H2,1H3,(H,11,12). The van der Waals surface area contributed by atoms with Gasteiger partial charge in [-0.1, -0.05) is 30.3 Å². The predicted molar refractivity (Wildman–Crippen MR) is 45.9 cm³/mol. The number of amides is 1. The van der Waals surface area contributed by atoms with Gasteiger partial charge >= 0.3 is 6.09 Å². The Labute approximate surface area is 71.2 Å². The molecule has 1 rings (SSSR count). The fourth-order valence-corrected chi connectivity index (χ4v) is 0.925. The van der Waals surface area contributed by atoms with Gasteiger partial charge in [-0.3, -0.25) is 0 Å². The van der Waals surface area contributed by atoms with Crippen molar-refractivity contribution in [2.24, 2.45) is 0 Å². The van der Waals surface area contributed by atoms with E-state index in [9.17, 15) is 4.79 Å². The van der Waals surface area contributed by atoms with Gasteiger partial charge in [0.05, 0.1) is 0 Å². The van der Waals surface area contributed by atoms with Crippen LogP contribution in [0.1, 0.15) is 5.56 Å². The molecule has 0 saturated heterocycles. The van der Waals surface area contributed by atoms with Crippen molar-refractivity contribution in [1.29, 1.82) is 0 Å². The average molecular weight is 165 g/mol. The summed E-state index contributed by atoms with van der Waals surface area (Å²) in [5, 5.41) is 8.57. The minimum absolute atomic E-state index is 0.441. The molecule has 0 fully saturated rings. The van der Waals surface area contributed by atoms with Gasteiger partial charge in [-0.05, 0) is 5.56 Å². The minimum atomic E-state index is -0.904. The van der Waals surface area contributed by atoms with Crippen LogP contribution in [0.4, 0.5) is 4.79 Å². The Hall–Kier alpha value is -1.51. The lowest BCUT2D eigenvalue weighted by Crippen LogP contribution is -2.23. The first kappa shape index (κ1) is 8.59. The number of carbonyl (C=O) groups is 1. The van der Waals surface area contributed by atoms with Crippen molar-refractivity contribution in [3.8, 4) is 0 Å². The molecule has 1 aromatic rings. The summed E-state index contributed by atoms with van der Waals surface area (Å²) in [5.41, 5.74) is 1.00. The van der Waals surface area contributed by atoms with E-state index >= 15 is 0 Å². The van der Waals surface area contributed by atoms with Crippen LogP contribution in [-0.2, 0) is 6.54 Å². The average Bonchev–Trinajstić information content (AvgIpc) is 2.06. The minimum Gasteiger partial charge on any atom is -0.465 e. The Balaban J connectivity index is 2.58. The molecule has 0 bridgehead atoms. The topological polar surface area (TPSA) is 40.5 Å². The largest absolute Gasteiger partial charge is 0.465 e. The van der Waals surface area contributed by atoms with Gasteiger partial charge in [0, 0.05) is 13.6 Å². The van der Waals surface area contributed by atoms with Gasteiger partial charge in [0.15, 0.2) is 0 Å². The van der Waals surface area contributed by atoms with Crippen LogP contribution in [0, 0.1) is 0 Å². The first-order valence-corrected chi connectivity index (χ1v) is 3.68. The molecular weight excluding hydrogens is 154 g/mol. The number of rotatable bonds is 2. The quantitative estimate of drug-likeness (QED) is 0.725. The SMILES string of the molecule is CN(Cc1ccccc1)C(=O)O. The highest BCUT2D eigenvalue weighted by molar-refractivity contribution is 5.64. The summed E-state index contributed by atoms with van der Waals surface area (Å²) in [6.07, 6.45) is -0.904. The summed E-state index contributed by atoms with van der Waals surface area (Å²) < 4.78 is 0. The normalized spacial score (nSPS) is 9.42. The molecule has 0 aliphatic heterocycles. The summed E-state index contributed by atoms with van der Waals surface area (Å²) in [4.78, 5) is 11.7. The molecule has 64 valence electrons. The van der Waals surface area contributed by atoms with Crippen molar-refractivity contribution in [1.82, 2.24) is 4.90 Å². The van der Waals surface area contributed by atoms with Gasteiger partial charge in [0.25, 0.3) is 0 Å². The molecule has 1 aromatic carbocycles. The third kappa shape index (κ3) is 2.27. The monoisotopic (exact) mass is 165 g/mol. The van der Waals surface area contributed by atoms with E-state index in [0.29, 0.717) is 6.54 Å². The van der Waals surface area contributed by atoms with E-state index in [1.54, 1.807) is 7.05 Å². The molecule has 12 heavy (non-hydrogen) atoms. The van der Waals surface area contributed by atoms with Crippen LogP contribution in [-0.4, -0.2) is 23.1 Å². The van der Waals surface area contributed by atoms with Crippen molar-refractivity contribution in [2.75, 3.05) is 7.05 Å². The van der Waals surface area contributed by atoms with E-state index in [1.807, 2.05) is 30.3 Å². The first-order chi connectivity index (χ1) is 5.70. The zero-order chi connectivity index (χ0) is 8.97. The number of nitrogens with zero attached hydrogens (tertiary/aromatic N) is 1. The van der Waals surface area contributed by atoms with Crippen LogP contribution in [0.2, 0.25) is 0 Å². The molecule has 0 atom stereocenters. The Morgan fingerprint density at radius 1 is 1.42 bits per heavy atom. The summed E-state index contributed by atoms with van der Waals surface area (Å²) in [6.45, 7) is 0.441. The van der Waals surface area contributed by atoms with Gasteiger partial charge in [-0.2, -0.15) is 0 Å². The zero-order valence-electron chi connectivity index (χ0n) is 6.90. The molecule has 0 heterocycles. The van der Waals surface area contributed by atoms with Crippen LogP contribution in [0.5, 0.6) is 0 Å². The highest BCUT2D eigenvalue weighted by atomic mass is 16.4. The fraction of sp³-hybridized carbons (Fsp3) is 0.222. The molecule has 0 unspecified atom stereocenters. The molecule has 3 heteroatoms. The number of hydrogen-bond donors (Lipinski definition) is 1. The zero-order valence-corrected chi connectivity index (χ0v) is 6.90. The molecule has 0 saturated carbocycles. The maximum absolute atomic E-state index is 10.4. The predicted octanol–water partition coefficient (Wildman–Crippen LogP) is 1.80.